The number of nitrogens with zero attached hydrogens (tertiary/aromatic N) is 1. The Balaban J connectivity index is 1.95. The van der Waals surface area contributed by atoms with E-state index in [0.29, 0.717) is 22.0 Å². The van der Waals surface area contributed by atoms with Crippen LogP contribution in [0.25, 0.3) is 5.76 Å². The van der Waals surface area contributed by atoms with Gasteiger partial charge in [-0.2, -0.15) is 0 Å². The van der Waals surface area contributed by atoms with Gasteiger partial charge in [0.15, 0.2) is 0 Å². The molecule has 1 heterocycles. The maximum absolute atomic E-state index is 13.7. The second kappa shape index (κ2) is 8.71. The summed E-state index contributed by atoms with van der Waals surface area (Å²) in [6.07, 6.45) is 0. The van der Waals surface area contributed by atoms with Gasteiger partial charge in [-0.25, -0.2) is 4.39 Å². The van der Waals surface area contributed by atoms with Gasteiger partial charge in [-0.1, -0.05) is 29.8 Å². The number of hydrogen-bond donors (Lipinski definition) is 1. The van der Waals surface area contributed by atoms with Crippen molar-refractivity contribution in [2.24, 2.45) is 0 Å². The molecule has 0 aliphatic carbocycles. The summed E-state index contributed by atoms with van der Waals surface area (Å²) >= 11 is 6.10. The van der Waals surface area contributed by atoms with Gasteiger partial charge in [0.2, 0.25) is 0 Å². The number of carbonyl (C=O) groups is 2. The van der Waals surface area contributed by atoms with Gasteiger partial charge in [0.1, 0.15) is 17.3 Å². The fourth-order valence-electron chi connectivity index (χ4n) is 3.90. The average Bonchev–Trinajstić information content (AvgIpc) is 3.06. The molecule has 1 aliphatic rings. The number of ketones is 1. The zero-order chi connectivity index (χ0) is 23.9. The Hall–Kier alpha value is -3.64. The lowest BCUT2D eigenvalue weighted by Crippen LogP contribution is -2.29. The van der Waals surface area contributed by atoms with Gasteiger partial charge in [-0.05, 0) is 73.0 Å². The molecule has 1 amide bonds. The molecule has 0 spiro atoms. The molecule has 1 N–H and O–H groups in total. The number of amides is 1. The van der Waals surface area contributed by atoms with Gasteiger partial charge in [0.05, 0.1) is 23.7 Å². The van der Waals surface area contributed by atoms with E-state index in [4.69, 9.17) is 16.3 Å². The smallest absolute Gasteiger partial charge is 0.300 e. The van der Waals surface area contributed by atoms with Gasteiger partial charge in [-0.3, -0.25) is 14.5 Å². The first-order chi connectivity index (χ1) is 15.7. The summed E-state index contributed by atoms with van der Waals surface area (Å²) in [5.74, 6) is -2.14. The third-order valence-corrected chi connectivity index (χ3v) is 6.14. The minimum atomic E-state index is -0.950. The Morgan fingerprint density at radius 2 is 1.70 bits per heavy atom. The zero-order valence-electron chi connectivity index (χ0n) is 18.2. The first-order valence-corrected chi connectivity index (χ1v) is 10.6. The molecule has 0 saturated carbocycles. The zero-order valence-corrected chi connectivity index (χ0v) is 19.0. The number of hydrogen-bond acceptors (Lipinski definition) is 4. The second-order valence-electron chi connectivity index (χ2n) is 7.84. The Labute approximate surface area is 195 Å². The number of carbonyl (C=O) groups excluding carboxylic acids is 2. The van der Waals surface area contributed by atoms with Crippen LogP contribution in [0.3, 0.4) is 0 Å². The van der Waals surface area contributed by atoms with Crippen LogP contribution in [-0.2, 0) is 9.59 Å². The largest absolute Gasteiger partial charge is 0.507 e. The van der Waals surface area contributed by atoms with E-state index in [1.54, 1.807) is 6.07 Å². The molecule has 7 heteroatoms. The van der Waals surface area contributed by atoms with E-state index in [9.17, 15) is 19.1 Å². The molecule has 33 heavy (non-hydrogen) atoms. The van der Waals surface area contributed by atoms with Crippen molar-refractivity contribution in [2.75, 3.05) is 12.0 Å². The van der Waals surface area contributed by atoms with Crippen LogP contribution in [0.15, 0.2) is 66.2 Å². The highest BCUT2D eigenvalue weighted by Crippen LogP contribution is 2.43. The Kier molecular flexibility index (Phi) is 5.95. The van der Waals surface area contributed by atoms with E-state index in [0.717, 1.165) is 11.1 Å². The number of ether oxygens (including phenoxy) is 1. The van der Waals surface area contributed by atoms with Crippen molar-refractivity contribution in [3.05, 3.63) is 99.3 Å². The molecule has 0 radical (unpaired) electrons. The summed E-state index contributed by atoms with van der Waals surface area (Å²) in [4.78, 5) is 27.7. The number of aliphatic hydroxyl groups is 1. The highest BCUT2D eigenvalue weighted by molar-refractivity contribution is 6.51. The number of methoxy groups -OCH3 is 1. The quantitative estimate of drug-likeness (QED) is 0.303. The molecule has 4 rings (SSSR count). The van der Waals surface area contributed by atoms with E-state index < -0.39 is 23.5 Å². The highest BCUT2D eigenvalue weighted by Gasteiger charge is 2.47. The number of aryl methyl sites for hydroxylation is 2. The molecule has 3 aromatic rings. The topological polar surface area (TPSA) is 66.8 Å². The summed E-state index contributed by atoms with van der Waals surface area (Å²) < 4.78 is 18.9. The van der Waals surface area contributed by atoms with E-state index in [1.807, 2.05) is 26.0 Å². The lowest BCUT2D eigenvalue weighted by Gasteiger charge is -2.26. The van der Waals surface area contributed by atoms with Crippen LogP contribution < -0.4 is 9.64 Å². The van der Waals surface area contributed by atoms with Crippen LogP contribution in [0.5, 0.6) is 5.75 Å². The summed E-state index contributed by atoms with van der Waals surface area (Å²) in [7, 11) is 1.43. The minimum Gasteiger partial charge on any atom is -0.507 e. The first-order valence-electron chi connectivity index (χ1n) is 10.2. The molecule has 0 bridgehead atoms. The molecule has 1 unspecified atom stereocenters. The third-order valence-electron chi connectivity index (χ3n) is 5.82. The van der Waals surface area contributed by atoms with Gasteiger partial charge >= 0.3 is 0 Å². The van der Waals surface area contributed by atoms with Crippen LogP contribution in [0, 0.1) is 19.7 Å². The van der Waals surface area contributed by atoms with Crippen molar-refractivity contribution in [1.29, 1.82) is 0 Å². The van der Waals surface area contributed by atoms with E-state index in [-0.39, 0.29) is 16.9 Å². The Morgan fingerprint density at radius 3 is 2.33 bits per heavy atom. The van der Waals surface area contributed by atoms with E-state index in [1.165, 1.54) is 54.5 Å². The van der Waals surface area contributed by atoms with Crippen LogP contribution >= 0.6 is 11.6 Å². The third kappa shape index (κ3) is 3.98. The molecule has 1 fully saturated rings. The van der Waals surface area contributed by atoms with Crippen LogP contribution in [0.2, 0.25) is 5.02 Å². The SMILES string of the molecule is COc1cc(/C(O)=C2\C(=O)C(=O)N(c3ccc(C)c(C)c3)C2c2ccc(F)cc2)ccc1Cl. The molecule has 1 aliphatic heterocycles. The molecular formula is C26H21ClFNO4. The predicted octanol–water partition coefficient (Wildman–Crippen LogP) is 5.73. The van der Waals surface area contributed by atoms with Crippen molar-refractivity contribution in [2.45, 2.75) is 19.9 Å². The fraction of sp³-hybridized carbons (Fsp3) is 0.154. The maximum Gasteiger partial charge on any atom is 0.300 e. The number of aliphatic hydroxyl groups excluding tert-OH is 1. The Bertz CT molecular complexity index is 1300. The Morgan fingerprint density at radius 1 is 1.00 bits per heavy atom. The molecule has 168 valence electrons. The van der Waals surface area contributed by atoms with Crippen molar-refractivity contribution < 1.29 is 23.8 Å². The molecule has 0 aromatic heterocycles. The number of anilines is 1. The molecule has 1 saturated heterocycles. The standard InChI is InChI=1S/C26H21ClFNO4/c1-14-4-10-19(12-15(14)2)29-23(16-5-8-18(28)9-6-16)22(25(31)26(29)32)24(30)17-7-11-20(27)21(13-17)33-3/h4-13,23,30H,1-3H3/b24-22+. The molecular weight excluding hydrogens is 445 g/mol. The molecule has 5 nitrogen and oxygen atoms in total. The number of halogens is 2. The number of rotatable bonds is 4. The fourth-order valence-corrected chi connectivity index (χ4v) is 4.09. The van der Waals surface area contributed by atoms with Gasteiger partial charge in [0, 0.05) is 11.3 Å². The van der Waals surface area contributed by atoms with Crippen LogP contribution in [-0.4, -0.2) is 23.9 Å². The molecule has 1 atom stereocenters. The van der Waals surface area contributed by atoms with Crippen molar-refractivity contribution in [3.63, 3.8) is 0 Å². The van der Waals surface area contributed by atoms with Crippen molar-refractivity contribution in [1.82, 2.24) is 0 Å². The van der Waals surface area contributed by atoms with Gasteiger partial charge in [-0.15, -0.1) is 0 Å². The highest BCUT2D eigenvalue weighted by atomic mass is 35.5. The summed E-state index contributed by atoms with van der Waals surface area (Å²) in [5, 5.41) is 11.5. The lowest BCUT2D eigenvalue weighted by atomic mass is 9.95. The van der Waals surface area contributed by atoms with Gasteiger partial charge in [0.25, 0.3) is 11.7 Å². The van der Waals surface area contributed by atoms with Crippen molar-refractivity contribution in [3.8, 4) is 5.75 Å². The summed E-state index contributed by atoms with van der Waals surface area (Å²) in [6.45, 7) is 3.85. The monoisotopic (exact) mass is 465 g/mol. The average molecular weight is 466 g/mol. The normalized spacial score (nSPS) is 17.5. The summed E-state index contributed by atoms with van der Waals surface area (Å²) in [6, 6.07) is 14.5. The van der Waals surface area contributed by atoms with E-state index >= 15 is 0 Å². The lowest BCUT2D eigenvalue weighted by molar-refractivity contribution is -0.132. The van der Waals surface area contributed by atoms with Crippen LogP contribution in [0.4, 0.5) is 10.1 Å². The second-order valence-corrected chi connectivity index (χ2v) is 8.25. The number of Topliss-reactive ketones (excluding diaryl/α,β-unsaturated/α-hetero) is 1. The maximum atomic E-state index is 13.7. The van der Waals surface area contributed by atoms with Gasteiger partial charge < -0.3 is 9.84 Å². The predicted molar refractivity (Wildman–Crippen MR) is 125 cm³/mol. The minimum absolute atomic E-state index is 0.103. The molecule has 3 aromatic carbocycles. The van der Waals surface area contributed by atoms with Crippen LogP contribution in [0.1, 0.15) is 28.3 Å². The summed E-state index contributed by atoms with van der Waals surface area (Å²) in [5.41, 5.74) is 3.12. The van der Waals surface area contributed by atoms with Crippen molar-refractivity contribution >= 4 is 34.7 Å². The van der Waals surface area contributed by atoms with E-state index in [2.05, 4.69) is 0 Å². The first kappa shape index (κ1) is 22.6. The number of benzene rings is 3.